The molecule has 0 radical (unpaired) electrons. The van der Waals surface area contributed by atoms with Gasteiger partial charge in [-0.3, -0.25) is 0 Å². The fourth-order valence-electron chi connectivity index (χ4n) is 12.5. The van der Waals surface area contributed by atoms with Crippen LogP contribution in [0.4, 0.5) is 13.2 Å². The summed E-state index contributed by atoms with van der Waals surface area (Å²) >= 11 is 0. The van der Waals surface area contributed by atoms with Crippen LogP contribution < -0.4 is 0 Å². The van der Waals surface area contributed by atoms with Crippen LogP contribution >= 0.6 is 0 Å². The van der Waals surface area contributed by atoms with Crippen LogP contribution in [0, 0.1) is 0 Å². The van der Waals surface area contributed by atoms with Gasteiger partial charge >= 0.3 is 6.18 Å². The van der Waals surface area contributed by atoms with E-state index in [1.807, 2.05) is 158 Å². The molecule has 0 saturated heterocycles. The van der Waals surface area contributed by atoms with Crippen molar-refractivity contribution in [2.24, 2.45) is 0 Å². The van der Waals surface area contributed by atoms with E-state index in [0.29, 0.717) is 28.5 Å². The number of fused-ring (bicyclic) bond motifs is 9. The monoisotopic (exact) mass is 1100 g/mol. The Balaban J connectivity index is 1.10. The third-order valence-corrected chi connectivity index (χ3v) is 16.3. The van der Waals surface area contributed by atoms with Gasteiger partial charge in [-0.1, -0.05) is 206 Å². The molecule has 16 aromatic rings. The Morgan fingerprint density at radius 3 is 0.847 bits per heavy atom. The van der Waals surface area contributed by atoms with Gasteiger partial charge in [-0.15, -0.1) is 0 Å². The first-order valence-electron chi connectivity index (χ1n) is 28.1. The maximum absolute atomic E-state index is 16.4. The Morgan fingerprint density at radius 1 is 0.259 bits per heavy atom. The van der Waals surface area contributed by atoms with Crippen molar-refractivity contribution in [2.75, 3.05) is 0 Å². The molecular formula is C75H46F3N7. The third-order valence-electron chi connectivity index (χ3n) is 16.3. The molecule has 85 heavy (non-hydrogen) atoms. The first-order chi connectivity index (χ1) is 41.8. The summed E-state index contributed by atoms with van der Waals surface area (Å²) in [7, 11) is 0. The normalized spacial score (nSPS) is 11.9. The zero-order valence-electron chi connectivity index (χ0n) is 45.3. The topological polar surface area (TPSA) is 66.3 Å². The minimum atomic E-state index is -4.85. The van der Waals surface area contributed by atoms with Gasteiger partial charge in [-0.05, 0) is 72.8 Å². The molecular weight excluding hydrogens is 1060 g/mol. The van der Waals surface area contributed by atoms with E-state index in [1.54, 1.807) is 0 Å². The second-order valence-electron chi connectivity index (χ2n) is 21.3. The molecule has 11 aromatic carbocycles. The van der Waals surface area contributed by atoms with Gasteiger partial charge in [0.25, 0.3) is 0 Å². The molecule has 10 heteroatoms. The lowest BCUT2D eigenvalue weighted by Gasteiger charge is -2.22. The van der Waals surface area contributed by atoms with Crippen LogP contribution in [0.15, 0.2) is 279 Å². The maximum Gasteiger partial charge on any atom is 0.416 e. The highest BCUT2D eigenvalue weighted by atomic mass is 19.4. The van der Waals surface area contributed by atoms with Gasteiger partial charge in [0.15, 0.2) is 11.6 Å². The largest absolute Gasteiger partial charge is 0.416 e. The minimum Gasteiger partial charge on any atom is -0.309 e. The van der Waals surface area contributed by atoms with Crippen LogP contribution in [0.1, 0.15) is 5.56 Å². The Kier molecular flexibility index (Phi) is 11.5. The van der Waals surface area contributed by atoms with Gasteiger partial charge in [-0.25, -0.2) is 19.9 Å². The van der Waals surface area contributed by atoms with E-state index >= 15 is 13.2 Å². The zero-order chi connectivity index (χ0) is 56.8. The number of para-hydroxylation sites is 4. The molecule has 0 atom stereocenters. The Hall–Kier alpha value is -11.2. The first kappa shape index (κ1) is 49.6. The van der Waals surface area contributed by atoms with E-state index in [2.05, 4.69) is 123 Å². The van der Waals surface area contributed by atoms with Crippen LogP contribution in [0.25, 0.3) is 150 Å². The summed E-state index contributed by atoms with van der Waals surface area (Å²) in [6.07, 6.45) is -4.85. The summed E-state index contributed by atoms with van der Waals surface area (Å²) in [6.45, 7) is 0. The number of hydrogen-bond donors (Lipinski definition) is 0. The molecule has 402 valence electrons. The zero-order valence-corrected chi connectivity index (χ0v) is 45.3. The van der Waals surface area contributed by atoms with E-state index in [4.69, 9.17) is 19.9 Å². The number of nitrogens with zero attached hydrogens (tertiary/aromatic N) is 7. The molecule has 5 heterocycles. The molecule has 0 aliphatic carbocycles. The van der Waals surface area contributed by atoms with Crippen molar-refractivity contribution < 1.29 is 13.2 Å². The molecule has 0 fully saturated rings. The van der Waals surface area contributed by atoms with Crippen LogP contribution in [-0.4, -0.2) is 33.6 Å². The summed E-state index contributed by atoms with van der Waals surface area (Å²) in [5, 5.41) is 6.12. The van der Waals surface area contributed by atoms with Gasteiger partial charge in [0.2, 0.25) is 0 Å². The summed E-state index contributed by atoms with van der Waals surface area (Å²) in [5.74, 6) is 0.161. The Morgan fingerprint density at radius 2 is 0.541 bits per heavy atom. The van der Waals surface area contributed by atoms with E-state index < -0.39 is 11.7 Å². The van der Waals surface area contributed by atoms with Crippen molar-refractivity contribution in [3.63, 3.8) is 0 Å². The molecule has 0 aliphatic heterocycles. The van der Waals surface area contributed by atoms with Gasteiger partial charge in [0, 0.05) is 77.1 Å². The standard InChI is InChI=1S/C75H46F3N7/c76-75(77,78)51-41-60(73-79-62(47-21-5-1-6-22-47)45-63(80-73)48-23-7-2-8-24-48)72(61(42-51)74-81-64(49-25-9-3-10-26-49)46-65(82-74)50-27-11-4-12-28-50)85-70-43-52(83-66-33-17-13-29-54(66)55-30-14-18-34-67(55)83)37-39-58(70)59-40-38-53(44-71(59)85)84-68-35-19-15-31-56(68)57-32-16-20-36-69(57)84/h1-46H. The molecule has 0 amide bonds. The van der Waals surface area contributed by atoms with Gasteiger partial charge in [0.1, 0.15) is 0 Å². The smallest absolute Gasteiger partial charge is 0.309 e. The van der Waals surface area contributed by atoms with Gasteiger partial charge in [-0.2, -0.15) is 13.2 Å². The predicted molar refractivity (Wildman–Crippen MR) is 338 cm³/mol. The number of halogens is 3. The van der Waals surface area contributed by atoms with Crippen LogP contribution in [0.5, 0.6) is 0 Å². The van der Waals surface area contributed by atoms with E-state index in [1.165, 1.54) is 12.1 Å². The Labute approximate surface area is 485 Å². The number of hydrogen-bond acceptors (Lipinski definition) is 4. The average molecular weight is 1100 g/mol. The lowest BCUT2D eigenvalue weighted by atomic mass is 9.98. The summed E-state index contributed by atoms with van der Waals surface area (Å²) in [4.78, 5) is 21.3. The fourth-order valence-corrected chi connectivity index (χ4v) is 12.5. The second kappa shape index (κ2) is 19.7. The summed E-state index contributed by atoms with van der Waals surface area (Å²) in [6, 6.07) is 91.3. The lowest BCUT2D eigenvalue weighted by Crippen LogP contribution is -2.11. The van der Waals surface area contributed by atoms with Gasteiger partial charge in [0.05, 0.1) is 67.1 Å². The number of alkyl halides is 3. The lowest BCUT2D eigenvalue weighted by molar-refractivity contribution is -0.137. The second-order valence-corrected chi connectivity index (χ2v) is 21.3. The maximum atomic E-state index is 16.4. The average Bonchev–Trinajstić information content (AvgIpc) is 2.20. The molecule has 0 spiro atoms. The number of benzene rings is 11. The van der Waals surface area contributed by atoms with E-state index in [-0.39, 0.29) is 22.8 Å². The quantitative estimate of drug-likeness (QED) is 0.144. The van der Waals surface area contributed by atoms with Crippen molar-refractivity contribution in [3.8, 4) is 84.9 Å². The first-order valence-corrected chi connectivity index (χ1v) is 28.1. The Bertz CT molecular complexity index is 4740. The molecule has 0 bridgehead atoms. The summed E-state index contributed by atoms with van der Waals surface area (Å²) < 4.78 is 55.8. The van der Waals surface area contributed by atoms with Crippen molar-refractivity contribution in [2.45, 2.75) is 6.18 Å². The summed E-state index contributed by atoms with van der Waals surface area (Å²) in [5.41, 5.74) is 12.1. The van der Waals surface area contributed by atoms with Crippen molar-refractivity contribution >= 4 is 65.4 Å². The van der Waals surface area contributed by atoms with Crippen molar-refractivity contribution in [1.29, 1.82) is 0 Å². The van der Waals surface area contributed by atoms with Gasteiger partial charge < -0.3 is 13.7 Å². The SMILES string of the molecule is FC(F)(F)c1cc(-c2nc(-c3ccccc3)cc(-c3ccccc3)n2)c(-n2c3cc(-n4c5ccccc5c5ccccc54)ccc3c3ccc(-n4c5ccccc5c5ccccc54)cc32)c(-c2nc(-c3ccccc3)cc(-c3ccccc3)n2)c1. The highest BCUT2D eigenvalue weighted by Crippen LogP contribution is 2.47. The van der Waals surface area contributed by atoms with Crippen LogP contribution in [-0.2, 0) is 6.18 Å². The highest BCUT2D eigenvalue weighted by Gasteiger charge is 2.35. The minimum absolute atomic E-state index is 0.0807. The number of aromatic nitrogens is 7. The molecule has 0 aliphatic rings. The molecule has 0 saturated carbocycles. The molecule has 0 unspecified atom stereocenters. The van der Waals surface area contributed by atoms with E-state index in [0.717, 1.165) is 99.0 Å². The molecule has 5 aromatic heterocycles. The van der Waals surface area contributed by atoms with Crippen LogP contribution in [0.2, 0.25) is 0 Å². The molecule has 16 rings (SSSR count). The predicted octanol–water partition coefficient (Wildman–Crippen LogP) is 19.6. The van der Waals surface area contributed by atoms with Crippen molar-refractivity contribution in [3.05, 3.63) is 285 Å². The third kappa shape index (κ3) is 8.36. The van der Waals surface area contributed by atoms with Crippen molar-refractivity contribution in [1.82, 2.24) is 33.6 Å². The highest BCUT2D eigenvalue weighted by molar-refractivity contribution is 6.14. The molecule has 0 N–H and O–H groups in total. The van der Waals surface area contributed by atoms with E-state index in [9.17, 15) is 0 Å². The fraction of sp³-hybridized carbons (Fsp3) is 0.0133. The number of rotatable bonds is 9. The molecule has 7 nitrogen and oxygen atoms in total. The van der Waals surface area contributed by atoms with Crippen LogP contribution in [0.3, 0.4) is 0 Å².